The van der Waals surface area contributed by atoms with E-state index in [4.69, 9.17) is 14.2 Å². The largest absolute Gasteiger partial charge is 0.462 e. The van der Waals surface area contributed by atoms with E-state index < -0.39 is 6.10 Å². The fraction of sp³-hybridized carbons (Fsp3) is 0.945. The SMILES string of the molecule is CCCCCCCCCCCCCCCCCCCC(=O)O[C@@H](COC(=O)CCCCCCCCCCCC)COC(=O)CCCCCCCCCCCCCCCCCC. The second-order valence-electron chi connectivity index (χ2n) is 18.9. The van der Waals surface area contributed by atoms with E-state index >= 15 is 0 Å². The highest BCUT2D eigenvalue weighted by molar-refractivity contribution is 5.71. The smallest absolute Gasteiger partial charge is 0.306 e. The number of hydrogen-bond acceptors (Lipinski definition) is 6. The first-order chi connectivity index (χ1) is 30.0. The number of esters is 3. The number of rotatable bonds is 51. The average Bonchev–Trinajstić information content (AvgIpc) is 3.26. The Balaban J connectivity index is 4.25. The lowest BCUT2D eigenvalue weighted by molar-refractivity contribution is -0.167. The van der Waals surface area contributed by atoms with E-state index in [1.54, 1.807) is 0 Å². The van der Waals surface area contributed by atoms with Crippen LogP contribution in [0.1, 0.15) is 316 Å². The summed E-state index contributed by atoms with van der Waals surface area (Å²) in [4.78, 5) is 38.0. The van der Waals surface area contributed by atoms with Crippen molar-refractivity contribution in [1.29, 1.82) is 0 Å². The summed E-state index contributed by atoms with van der Waals surface area (Å²) in [5.74, 6) is -0.838. The van der Waals surface area contributed by atoms with Crippen LogP contribution in [0.15, 0.2) is 0 Å². The number of ether oxygens (including phenoxy) is 3. The average molecular weight is 863 g/mol. The molecule has 0 N–H and O–H groups in total. The predicted molar refractivity (Wildman–Crippen MR) is 261 cm³/mol. The van der Waals surface area contributed by atoms with Gasteiger partial charge in [0.25, 0.3) is 0 Å². The molecule has 0 aromatic carbocycles. The van der Waals surface area contributed by atoms with Gasteiger partial charge in [0.15, 0.2) is 6.10 Å². The summed E-state index contributed by atoms with van der Waals surface area (Å²) in [5.41, 5.74) is 0. The van der Waals surface area contributed by atoms with Crippen LogP contribution >= 0.6 is 0 Å². The molecular weight excluding hydrogens is 757 g/mol. The van der Waals surface area contributed by atoms with Gasteiger partial charge in [-0.15, -0.1) is 0 Å². The van der Waals surface area contributed by atoms with Crippen molar-refractivity contribution in [2.24, 2.45) is 0 Å². The minimum absolute atomic E-state index is 0.0615. The van der Waals surface area contributed by atoms with Crippen molar-refractivity contribution in [3.05, 3.63) is 0 Å². The second-order valence-corrected chi connectivity index (χ2v) is 18.9. The van der Waals surface area contributed by atoms with E-state index in [-0.39, 0.29) is 31.1 Å². The van der Waals surface area contributed by atoms with Gasteiger partial charge in [-0.3, -0.25) is 14.4 Å². The molecule has 1 atom stereocenters. The quantitative estimate of drug-likeness (QED) is 0.0344. The van der Waals surface area contributed by atoms with Crippen LogP contribution in [0.4, 0.5) is 0 Å². The van der Waals surface area contributed by atoms with Crippen molar-refractivity contribution in [2.45, 2.75) is 322 Å². The minimum Gasteiger partial charge on any atom is -0.462 e. The number of unbranched alkanes of at least 4 members (excludes halogenated alkanes) is 40. The van der Waals surface area contributed by atoms with Gasteiger partial charge < -0.3 is 14.2 Å². The Kier molecular flexibility index (Phi) is 49.7. The second kappa shape index (κ2) is 51.0. The summed E-state index contributed by atoms with van der Waals surface area (Å²) >= 11 is 0. The maximum atomic E-state index is 12.8. The van der Waals surface area contributed by atoms with Gasteiger partial charge in [-0.25, -0.2) is 0 Å². The molecule has 6 heteroatoms. The van der Waals surface area contributed by atoms with Crippen molar-refractivity contribution in [3.63, 3.8) is 0 Å². The first-order valence-corrected chi connectivity index (χ1v) is 27.5. The Morgan fingerprint density at radius 2 is 0.443 bits per heavy atom. The zero-order valence-electron chi connectivity index (χ0n) is 41.5. The topological polar surface area (TPSA) is 78.9 Å². The van der Waals surface area contributed by atoms with Crippen LogP contribution in [-0.4, -0.2) is 37.2 Å². The molecule has 0 amide bonds. The molecule has 0 aliphatic carbocycles. The Morgan fingerprint density at radius 1 is 0.262 bits per heavy atom. The van der Waals surface area contributed by atoms with E-state index in [1.165, 1.54) is 218 Å². The van der Waals surface area contributed by atoms with Gasteiger partial charge in [0.05, 0.1) is 0 Å². The highest BCUT2D eigenvalue weighted by Gasteiger charge is 2.19. The van der Waals surface area contributed by atoms with Crippen LogP contribution < -0.4 is 0 Å². The number of carbonyl (C=O) groups is 3. The lowest BCUT2D eigenvalue weighted by atomic mass is 10.0. The summed E-state index contributed by atoms with van der Waals surface area (Å²) in [6.07, 6.45) is 55.2. The summed E-state index contributed by atoms with van der Waals surface area (Å²) in [6, 6.07) is 0. The third-order valence-electron chi connectivity index (χ3n) is 12.6. The van der Waals surface area contributed by atoms with Crippen LogP contribution in [0.5, 0.6) is 0 Å². The van der Waals surface area contributed by atoms with Crippen LogP contribution in [0, 0.1) is 0 Å². The number of hydrogen-bond donors (Lipinski definition) is 0. The molecule has 0 aliphatic heterocycles. The molecule has 6 nitrogen and oxygen atoms in total. The normalized spacial score (nSPS) is 11.9. The summed E-state index contributed by atoms with van der Waals surface area (Å²) < 4.78 is 16.8. The van der Waals surface area contributed by atoms with Gasteiger partial charge in [0.1, 0.15) is 13.2 Å². The molecule has 0 aromatic rings. The third kappa shape index (κ3) is 49.3. The molecule has 0 spiro atoms. The third-order valence-corrected chi connectivity index (χ3v) is 12.6. The molecule has 362 valence electrons. The van der Waals surface area contributed by atoms with Crippen molar-refractivity contribution in [3.8, 4) is 0 Å². The Bertz CT molecular complexity index is 905. The fourth-order valence-corrected chi connectivity index (χ4v) is 8.45. The van der Waals surface area contributed by atoms with Crippen molar-refractivity contribution in [2.75, 3.05) is 13.2 Å². The highest BCUT2D eigenvalue weighted by Crippen LogP contribution is 2.17. The van der Waals surface area contributed by atoms with Crippen molar-refractivity contribution < 1.29 is 28.6 Å². The zero-order chi connectivity index (χ0) is 44.4. The van der Waals surface area contributed by atoms with E-state index in [0.717, 1.165) is 57.8 Å². The monoisotopic (exact) mass is 863 g/mol. The van der Waals surface area contributed by atoms with E-state index in [0.29, 0.717) is 19.3 Å². The van der Waals surface area contributed by atoms with Crippen LogP contribution in [0.3, 0.4) is 0 Å². The molecule has 0 bridgehead atoms. The molecule has 0 radical (unpaired) electrons. The van der Waals surface area contributed by atoms with Crippen LogP contribution in [0.2, 0.25) is 0 Å². The molecule has 61 heavy (non-hydrogen) atoms. The first kappa shape index (κ1) is 59.4. The van der Waals surface area contributed by atoms with E-state index in [9.17, 15) is 14.4 Å². The molecule has 0 saturated heterocycles. The molecule has 0 unspecified atom stereocenters. The zero-order valence-corrected chi connectivity index (χ0v) is 41.5. The summed E-state index contributed by atoms with van der Waals surface area (Å²) in [5, 5.41) is 0. The Hall–Kier alpha value is -1.59. The van der Waals surface area contributed by atoms with Crippen molar-refractivity contribution in [1.82, 2.24) is 0 Å². The maximum absolute atomic E-state index is 12.8. The molecule has 0 heterocycles. The molecular formula is C55H106O6. The molecule has 0 fully saturated rings. The molecule has 0 saturated carbocycles. The van der Waals surface area contributed by atoms with E-state index in [1.807, 2.05) is 0 Å². The maximum Gasteiger partial charge on any atom is 0.306 e. The summed E-state index contributed by atoms with van der Waals surface area (Å²) in [6.45, 7) is 6.69. The van der Waals surface area contributed by atoms with Gasteiger partial charge >= 0.3 is 17.9 Å². The van der Waals surface area contributed by atoms with Gasteiger partial charge in [-0.2, -0.15) is 0 Å². The predicted octanol–water partition coefficient (Wildman–Crippen LogP) is 18.0. The number of carbonyl (C=O) groups excluding carboxylic acids is 3. The lowest BCUT2D eigenvalue weighted by Crippen LogP contribution is -2.30. The van der Waals surface area contributed by atoms with Gasteiger partial charge in [-0.1, -0.05) is 278 Å². The molecule has 0 rings (SSSR count). The molecule has 0 aliphatic rings. The van der Waals surface area contributed by atoms with Gasteiger partial charge in [-0.05, 0) is 19.3 Å². The Labute approximate surface area is 380 Å². The van der Waals surface area contributed by atoms with Gasteiger partial charge in [0.2, 0.25) is 0 Å². The van der Waals surface area contributed by atoms with Crippen LogP contribution in [-0.2, 0) is 28.6 Å². The fourth-order valence-electron chi connectivity index (χ4n) is 8.45. The standard InChI is InChI=1S/C55H106O6/c1-4-7-10-13-16-19-22-24-26-28-30-32-34-37-40-43-46-49-55(58)61-52(50-59-53(56)47-44-41-38-35-21-18-15-12-9-6-3)51-60-54(57)48-45-42-39-36-33-31-29-27-25-23-20-17-14-11-8-5-2/h52H,4-51H2,1-3H3/t52-/m0/s1. The summed E-state index contributed by atoms with van der Waals surface area (Å²) in [7, 11) is 0. The molecule has 0 aromatic heterocycles. The lowest BCUT2D eigenvalue weighted by Gasteiger charge is -2.18. The first-order valence-electron chi connectivity index (χ1n) is 27.5. The minimum atomic E-state index is -0.760. The highest BCUT2D eigenvalue weighted by atomic mass is 16.6. The van der Waals surface area contributed by atoms with Crippen LogP contribution in [0.25, 0.3) is 0 Å². The van der Waals surface area contributed by atoms with E-state index in [2.05, 4.69) is 20.8 Å². The van der Waals surface area contributed by atoms with Gasteiger partial charge in [0, 0.05) is 19.3 Å². The Morgan fingerprint density at radius 3 is 0.656 bits per heavy atom. The van der Waals surface area contributed by atoms with Crippen molar-refractivity contribution >= 4 is 17.9 Å².